The second kappa shape index (κ2) is 13.9. The van der Waals surface area contributed by atoms with Gasteiger partial charge in [0.25, 0.3) is 0 Å². The van der Waals surface area contributed by atoms with E-state index in [2.05, 4.69) is 39.3 Å². The van der Waals surface area contributed by atoms with Crippen molar-refractivity contribution in [3.63, 3.8) is 0 Å². The first-order valence-electron chi connectivity index (χ1n) is 15.8. The van der Waals surface area contributed by atoms with Gasteiger partial charge in [0.1, 0.15) is 22.3 Å². The Hall–Kier alpha value is -3.15. The Balaban J connectivity index is 1.59. The van der Waals surface area contributed by atoms with E-state index in [0.29, 0.717) is 29.0 Å². The minimum atomic E-state index is -0.982. The smallest absolute Gasteiger partial charge is 0.340 e. The number of piperidine rings is 1. The Morgan fingerprint density at radius 2 is 2.00 bits per heavy atom. The molecule has 0 amide bonds. The van der Waals surface area contributed by atoms with Gasteiger partial charge in [-0.3, -0.25) is 0 Å². The van der Waals surface area contributed by atoms with E-state index in [0.717, 1.165) is 64.5 Å². The van der Waals surface area contributed by atoms with Crippen LogP contribution in [0.1, 0.15) is 88.1 Å². The number of thiazole rings is 1. The van der Waals surface area contributed by atoms with Gasteiger partial charge in [0.2, 0.25) is 0 Å². The fraction of sp³-hybridized carbons (Fsp3) is 0.486. The van der Waals surface area contributed by atoms with Crippen LogP contribution in [0.3, 0.4) is 0 Å². The van der Waals surface area contributed by atoms with E-state index < -0.39 is 17.7 Å². The number of hydrogen-bond acceptors (Lipinski definition) is 8. The molecule has 11 heteroatoms. The highest BCUT2D eigenvalue weighted by Crippen LogP contribution is 2.41. The van der Waals surface area contributed by atoms with Gasteiger partial charge in [0, 0.05) is 46.8 Å². The van der Waals surface area contributed by atoms with Crippen molar-refractivity contribution in [3.05, 3.63) is 75.1 Å². The lowest BCUT2D eigenvalue weighted by molar-refractivity contribution is -0.166. The van der Waals surface area contributed by atoms with Crippen LogP contribution in [0.5, 0.6) is 0 Å². The van der Waals surface area contributed by atoms with Crippen molar-refractivity contribution >= 4 is 44.7 Å². The van der Waals surface area contributed by atoms with Gasteiger partial charge in [0.15, 0.2) is 11.8 Å². The van der Waals surface area contributed by atoms with E-state index >= 15 is 0 Å². The third-order valence-electron chi connectivity index (χ3n) is 8.41. The van der Waals surface area contributed by atoms with Crippen LogP contribution < -0.4 is 4.90 Å². The molecule has 1 aliphatic rings. The summed E-state index contributed by atoms with van der Waals surface area (Å²) in [5.74, 6) is 0.0712. The molecule has 4 heterocycles. The van der Waals surface area contributed by atoms with Crippen molar-refractivity contribution in [1.29, 1.82) is 0 Å². The first-order valence-corrected chi connectivity index (χ1v) is 17.4. The standard InChI is InChI=1S/C35H43BrFN5O3S/c1-8-10-13-35(7)14-16-41(17-15-35)32-29(30(33(43)44-9-2)45-34(4,5)6)22(3)39-28-20-27(40-42(28)32)31-38-21-25(46-31)19-23-18-24(37)11-12-26(23)36/h8,11-12,18,20-21,30H,1,9-10,13-17,19H2,2-7H3/t30-/m0/s1. The summed E-state index contributed by atoms with van der Waals surface area (Å²) in [7, 11) is 0. The summed E-state index contributed by atoms with van der Waals surface area (Å²) in [6.07, 6.45) is 7.43. The number of benzene rings is 1. The summed E-state index contributed by atoms with van der Waals surface area (Å²) in [6.45, 7) is 17.6. The van der Waals surface area contributed by atoms with Gasteiger partial charge in [-0.1, -0.05) is 28.9 Å². The molecule has 0 aliphatic carbocycles. The maximum absolute atomic E-state index is 13.9. The maximum Gasteiger partial charge on any atom is 0.340 e. The molecule has 46 heavy (non-hydrogen) atoms. The monoisotopic (exact) mass is 711 g/mol. The van der Waals surface area contributed by atoms with Gasteiger partial charge >= 0.3 is 5.97 Å². The molecule has 0 radical (unpaired) electrons. The number of carbonyl (C=O) groups is 1. The molecule has 5 rings (SSSR count). The number of nitrogens with zero attached hydrogens (tertiary/aromatic N) is 5. The Morgan fingerprint density at radius 3 is 2.67 bits per heavy atom. The minimum absolute atomic E-state index is 0.206. The SMILES string of the molecule is C=CCCC1(C)CCN(c2c([C@H](OC(C)(C)C)C(=O)OCC)c(C)nc3cc(-c4ncc(Cc5cc(F)ccc5Br)s4)nn23)CC1. The Bertz CT molecular complexity index is 1720. The van der Waals surface area contributed by atoms with E-state index in [1.807, 2.05) is 50.5 Å². The summed E-state index contributed by atoms with van der Waals surface area (Å²) < 4.78 is 28.6. The fourth-order valence-electron chi connectivity index (χ4n) is 5.96. The van der Waals surface area contributed by atoms with Gasteiger partial charge < -0.3 is 14.4 Å². The topological polar surface area (TPSA) is 81.8 Å². The zero-order chi connectivity index (χ0) is 33.2. The molecule has 1 saturated heterocycles. The normalized spacial score (nSPS) is 15.7. The molecule has 0 bridgehead atoms. The number of halogens is 2. The van der Waals surface area contributed by atoms with Crippen molar-refractivity contribution in [3.8, 4) is 10.7 Å². The quantitative estimate of drug-likeness (QED) is 0.114. The molecule has 1 aromatic carbocycles. The van der Waals surface area contributed by atoms with Gasteiger partial charge in [-0.05, 0) is 89.5 Å². The highest BCUT2D eigenvalue weighted by molar-refractivity contribution is 9.10. The van der Waals surface area contributed by atoms with Crippen LogP contribution in [-0.4, -0.2) is 50.8 Å². The van der Waals surface area contributed by atoms with Crippen LogP contribution in [0.2, 0.25) is 0 Å². The summed E-state index contributed by atoms with van der Waals surface area (Å²) >= 11 is 5.05. The number of rotatable bonds is 11. The number of allylic oxidation sites excluding steroid dienone is 1. The van der Waals surface area contributed by atoms with E-state index in [1.54, 1.807) is 13.0 Å². The molecule has 1 fully saturated rings. The van der Waals surface area contributed by atoms with Crippen LogP contribution in [0, 0.1) is 18.2 Å². The molecule has 0 N–H and O–H groups in total. The third kappa shape index (κ3) is 7.69. The lowest BCUT2D eigenvalue weighted by Gasteiger charge is -2.41. The number of ether oxygens (including phenoxy) is 2. The molecule has 1 aliphatic heterocycles. The van der Waals surface area contributed by atoms with E-state index in [-0.39, 0.29) is 17.8 Å². The summed E-state index contributed by atoms with van der Waals surface area (Å²) in [5, 5.41) is 5.79. The number of hydrogen-bond donors (Lipinski definition) is 0. The average Bonchev–Trinajstić information content (AvgIpc) is 3.63. The Labute approximate surface area is 283 Å². The van der Waals surface area contributed by atoms with E-state index in [9.17, 15) is 9.18 Å². The van der Waals surface area contributed by atoms with Crippen LogP contribution in [0.15, 0.2) is 47.6 Å². The lowest BCUT2D eigenvalue weighted by Crippen LogP contribution is -2.41. The fourth-order valence-corrected chi connectivity index (χ4v) is 7.24. The number of aromatic nitrogens is 4. The largest absolute Gasteiger partial charge is 0.464 e. The summed E-state index contributed by atoms with van der Waals surface area (Å²) in [5.41, 5.74) is 3.13. The second-order valence-corrected chi connectivity index (χ2v) is 15.2. The number of fused-ring (bicyclic) bond motifs is 1. The van der Waals surface area contributed by atoms with Crippen molar-refractivity contribution < 1.29 is 18.7 Å². The van der Waals surface area contributed by atoms with Crippen LogP contribution in [0.25, 0.3) is 16.3 Å². The molecule has 0 saturated carbocycles. The van der Waals surface area contributed by atoms with Gasteiger partial charge in [-0.15, -0.1) is 17.9 Å². The molecular formula is C35H43BrFN5O3S. The highest BCUT2D eigenvalue weighted by Gasteiger charge is 2.38. The van der Waals surface area contributed by atoms with Crippen molar-refractivity contribution in [2.24, 2.45) is 5.41 Å². The van der Waals surface area contributed by atoms with Crippen molar-refractivity contribution in [2.45, 2.75) is 85.4 Å². The van der Waals surface area contributed by atoms with Gasteiger partial charge in [-0.2, -0.15) is 9.61 Å². The van der Waals surface area contributed by atoms with Crippen LogP contribution >= 0.6 is 27.3 Å². The molecule has 3 aromatic heterocycles. The lowest BCUT2D eigenvalue weighted by atomic mass is 9.76. The predicted molar refractivity (Wildman–Crippen MR) is 185 cm³/mol. The minimum Gasteiger partial charge on any atom is -0.464 e. The maximum atomic E-state index is 13.9. The highest BCUT2D eigenvalue weighted by atomic mass is 79.9. The van der Waals surface area contributed by atoms with E-state index in [1.165, 1.54) is 23.5 Å². The van der Waals surface area contributed by atoms with Crippen LogP contribution in [0.4, 0.5) is 10.2 Å². The third-order valence-corrected chi connectivity index (χ3v) is 10.2. The summed E-state index contributed by atoms with van der Waals surface area (Å²) in [4.78, 5) is 26.4. The zero-order valence-corrected chi connectivity index (χ0v) is 29.9. The summed E-state index contributed by atoms with van der Waals surface area (Å²) in [6, 6.07) is 6.63. The number of anilines is 1. The molecule has 0 unspecified atom stereocenters. The molecule has 4 aromatic rings. The van der Waals surface area contributed by atoms with Crippen molar-refractivity contribution in [2.75, 3.05) is 24.6 Å². The first-order chi connectivity index (χ1) is 21.8. The van der Waals surface area contributed by atoms with Gasteiger partial charge in [0.05, 0.1) is 17.8 Å². The second-order valence-electron chi connectivity index (χ2n) is 13.3. The van der Waals surface area contributed by atoms with Crippen LogP contribution in [-0.2, 0) is 20.7 Å². The average molecular weight is 713 g/mol. The number of esters is 1. The molecule has 0 spiro atoms. The molecule has 246 valence electrons. The number of carbonyl (C=O) groups excluding carboxylic acids is 1. The van der Waals surface area contributed by atoms with Crippen molar-refractivity contribution in [1.82, 2.24) is 19.6 Å². The Morgan fingerprint density at radius 1 is 1.26 bits per heavy atom. The number of aryl methyl sites for hydroxylation is 1. The van der Waals surface area contributed by atoms with E-state index in [4.69, 9.17) is 19.6 Å². The molecular weight excluding hydrogens is 669 g/mol. The molecule has 8 nitrogen and oxygen atoms in total. The first kappa shape index (κ1) is 34.2. The predicted octanol–water partition coefficient (Wildman–Crippen LogP) is 8.65. The Kier molecular flexibility index (Phi) is 10.3. The van der Waals surface area contributed by atoms with Gasteiger partial charge in [-0.25, -0.2) is 19.2 Å². The molecule has 1 atom stereocenters. The zero-order valence-electron chi connectivity index (χ0n) is 27.5.